The molecule has 1 saturated heterocycles. The Morgan fingerprint density at radius 1 is 1.29 bits per heavy atom. The van der Waals surface area contributed by atoms with Crippen LogP contribution in [0.1, 0.15) is 18.4 Å². The largest absolute Gasteiger partial charge is 0.481 e. The number of halogens is 2. The molecular formula is C15H15F2NO3. The fourth-order valence-corrected chi connectivity index (χ4v) is 2.31. The molecule has 0 saturated carbocycles. The van der Waals surface area contributed by atoms with Crippen LogP contribution in [0, 0.1) is 17.6 Å². The molecule has 1 heterocycles. The smallest absolute Gasteiger partial charge is 0.308 e. The van der Waals surface area contributed by atoms with Crippen LogP contribution in [0.4, 0.5) is 8.78 Å². The van der Waals surface area contributed by atoms with Crippen molar-refractivity contribution in [2.24, 2.45) is 5.92 Å². The highest BCUT2D eigenvalue weighted by atomic mass is 19.1. The molecule has 6 heteroatoms. The summed E-state index contributed by atoms with van der Waals surface area (Å²) in [5.41, 5.74) is -0.280. The van der Waals surface area contributed by atoms with Gasteiger partial charge in [-0.05, 0) is 31.1 Å². The van der Waals surface area contributed by atoms with Gasteiger partial charge in [0.15, 0.2) is 0 Å². The van der Waals surface area contributed by atoms with Crippen molar-refractivity contribution in [1.82, 2.24) is 4.90 Å². The Kier molecular flexibility index (Phi) is 4.67. The lowest BCUT2D eigenvalue weighted by Crippen LogP contribution is -2.41. The van der Waals surface area contributed by atoms with Crippen LogP contribution in [0.15, 0.2) is 24.3 Å². The molecule has 0 aromatic heterocycles. The molecule has 0 bridgehead atoms. The molecule has 1 unspecified atom stereocenters. The number of nitrogens with zero attached hydrogens (tertiary/aromatic N) is 1. The van der Waals surface area contributed by atoms with E-state index in [1.807, 2.05) is 0 Å². The molecule has 112 valence electrons. The topological polar surface area (TPSA) is 57.6 Å². The average molecular weight is 295 g/mol. The van der Waals surface area contributed by atoms with Crippen molar-refractivity contribution in [2.45, 2.75) is 12.8 Å². The molecule has 0 radical (unpaired) electrons. The zero-order valence-electron chi connectivity index (χ0n) is 11.3. The number of likely N-dealkylation sites (tertiary alicyclic amines) is 1. The second-order valence-corrected chi connectivity index (χ2v) is 4.93. The number of aliphatic carboxylic acids is 1. The molecule has 0 spiro atoms. The third-order valence-electron chi connectivity index (χ3n) is 3.47. The van der Waals surface area contributed by atoms with Crippen molar-refractivity contribution in [2.75, 3.05) is 13.1 Å². The van der Waals surface area contributed by atoms with E-state index in [1.54, 1.807) is 0 Å². The quantitative estimate of drug-likeness (QED) is 0.871. The van der Waals surface area contributed by atoms with E-state index >= 15 is 0 Å². The van der Waals surface area contributed by atoms with Gasteiger partial charge in [0, 0.05) is 24.7 Å². The maximum absolute atomic E-state index is 13.4. The van der Waals surface area contributed by atoms with Gasteiger partial charge in [-0.2, -0.15) is 0 Å². The zero-order valence-corrected chi connectivity index (χ0v) is 11.3. The van der Waals surface area contributed by atoms with Crippen molar-refractivity contribution in [3.8, 4) is 0 Å². The normalized spacial score (nSPS) is 19.0. The highest BCUT2D eigenvalue weighted by Gasteiger charge is 2.27. The van der Waals surface area contributed by atoms with E-state index in [0.717, 1.165) is 24.3 Å². The van der Waals surface area contributed by atoms with Gasteiger partial charge >= 0.3 is 5.97 Å². The van der Waals surface area contributed by atoms with E-state index < -0.39 is 29.4 Å². The summed E-state index contributed by atoms with van der Waals surface area (Å²) < 4.78 is 26.8. The highest BCUT2D eigenvalue weighted by Crippen LogP contribution is 2.18. The number of rotatable bonds is 3. The maximum Gasteiger partial charge on any atom is 0.308 e. The molecular weight excluding hydrogens is 280 g/mol. The maximum atomic E-state index is 13.4. The summed E-state index contributed by atoms with van der Waals surface area (Å²) in [6.45, 7) is 0.574. The Morgan fingerprint density at radius 3 is 2.57 bits per heavy atom. The summed E-state index contributed by atoms with van der Waals surface area (Å²) >= 11 is 0. The first kappa shape index (κ1) is 15.2. The zero-order chi connectivity index (χ0) is 15.4. The average Bonchev–Trinajstić information content (AvgIpc) is 2.46. The van der Waals surface area contributed by atoms with E-state index in [1.165, 1.54) is 11.0 Å². The van der Waals surface area contributed by atoms with Gasteiger partial charge in [-0.1, -0.05) is 6.07 Å². The molecule has 1 aromatic rings. The lowest BCUT2D eigenvalue weighted by molar-refractivity contribution is -0.144. The van der Waals surface area contributed by atoms with Crippen LogP contribution in [0.25, 0.3) is 6.08 Å². The first-order valence-electron chi connectivity index (χ1n) is 6.63. The van der Waals surface area contributed by atoms with Crippen LogP contribution in [0.3, 0.4) is 0 Å². The molecule has 2 rings (SSSR count). The number of piperidine rings is 1. The molecule has 1 aromatic carbocycles. The Balaban J connectivity index is 2.07. The first-order valence-corrected chi connectivity index (χ1v) is 6.63. The van der Waals surface area contributed by atoms with Gasteiger partial charge in [-0.3, -0.25) is 9.59 Å². The number of amides is 1. The molecule has 1 aliphatic rings. The predicted molar refractivity (Wildman–Crippen MR) is 72.3 cm³/mol. The summed E-state index contributed by atoms with van der Waals surface area (Å²) in [6, 6.07) is 3.45. The Labute approximate surface area is 120 Å². The van der Waals surface area contributed by atoms with Crippen LogP contribution < -0.4 is 0 Å². The summed E-state index contributed by atoms with van der Waals surface area (Å²) in [5.74, 6) is -3.45. The molecule has 4 nitrogen and oxygen atoms in total. The van der Waals surface area contributed by atoms with Crippen LogP contribution in [-0.4, -0.2) is 35.0 Å². The summed E-state index contributed by atoms with van der Waals surface area (Å²) in [6.07, 6.45) is 3.29. The standard InChI is InChI=1S/C15H15F2NO3/c16-12-4-1-5-13(17)11(12)6-7-14(19)18-8-2-3-10(9-18)15(20)21/h1,4-7,10H,2-3,8-9H2,(H,20,21)/b7-6+. The Hall–Kier alpha value is -2.24. The van der Waals surface area contributed by atoms with Crippen LogP contribution in [0.2, 0.25) is 0 Å². The number of carbonyl (C=O) groups excluding carboxylic acids is 1. The minimum absolute atomic E-state index is 0.123. The summed E-state index contributed by atoms with van der Waals surface area (Å²) in [5, 5.41) is 8.96. The van der Waals surface area contributed by atoms with E-state index in [-0.39, 0.29) is 12.1 Å². The van der Waals surface area contributed by atoms with E-state index in [9.17, 15) is 18.4 Å². The Morgan fingerprint density at radius 2 is 1.95 bits per heavy atom. The summed E-state index contributed by atoms with van der Waals surface area (Å²) in [4.78, 5) is 24.3. The van der Waals surface area contributed by atoms with Gasteiger partial charge in [0.2, 0.25) is 5.91 Å². The highest BCUT2D eigenvalue weighted by molar-refractivity contribution is 5.92. The predicted octanol–water partition coefficient (Wildman–Crippen LogP) is 2.30. The van der Waals surface area contributed by atoms with E-state index in [4.69, 9.17) is 5.11 Å². The molecule has 1 fully saturated rings. The van der Waals surface area contributed by atoms with Crippen molar-refractivity contribution in [1.29, 1.82) is 0 Å². The monoisotopic (exact) mass is 295 g/mol. The van der Waals surface area contributed by atoms with Crippen molar-refractivity contribution < 1.29 is 23.5 Å². The molecule has 1 atom stereocenters. The molecule has 1 aliphatic heterocycles. The van der Waals surface area contributed by atoms with Gasteiger partial charge in [0.25, 0.3) is 0 Å². The fraction of sp³-hybridized carbons (Fsp3) is 0.333. The number of hydrogen-bond acceptors (Lipinski definition) is 2. The van der Waals surface area contributed by atoms with E-state index in [2.05, 4.69) is 0 Å². The third kappa shape index (κ3) is 3.65. The van der Waals surface area contributed by atoms with Gasteiger partial charge in [0.05, 0.1) is 5.92 Å². The molecule has 21 heavy (non-hydrogen) atoms. The van der Waals surface area contributed by atoms with Crippen LogP contribution >= 0.6 is 0 Å². The van der Waals surface area contributed by atoms with Gasteiger partial charge in [-0.15, -0.1) is 0 Å². The van der Waals surface area contributed by atoms with Gasteiger partial charge in [-0.25, -0.2) is 8.78 Å². The second-order valence-electron chi connectivity index (χ2n) is 4.93. The van der Waals surface area contributed by atoms with E-state index in [0.29, 0.717) is 19.4 Å². The van der Waals surface area contributed by atoms with Crippen molar-refractivity contribution >= 4 is 18.0 Å². The Bertz CT molecular complexity index is 566. The van der Waals surface area contributed by atoms with Crippen molar-refractivity contribution in [3.05, 3.63) is 41.5 Å². The number of carboxylic acids is 1. The molecule has 0 aliphatic carbocycles. The number of carbonyl (C=O) groups is 2. The SMILES string of the molecule is O=C(O)C1CCCN(C(=O)/C=C/c2c(F)cccc2F)C1. The summed E-state index contributed by atoms with van der Waals surface area (Å²) in [7, 11) is 0. The lowest BCUT2D eigenvalue weighted by atomic mass is 9.98. The van der Waals surface area contributed by atoms with Gasteiger partial charge < -0.3 is 10.0 Å². The fourth-order valence-electron chi connectivity index (χ4n) is 2.31. The lowest BCUT2D eigenvalue weighted by Gasteiger charge is -2.29. The molecule has 1 amide bonds. The number of benzene rings is 1. The molecule has 1 N–H and O–H groups in total. The second kappa shape index (κ2) is 6.47. The van der Waals surface area contributed by atoms with Crippen molar-refractivity contribution in [3.63, 3.8) is 0 Å². The number of carboxylic acid groups (broad SMARTS) is 1. The number of hydrogen-bond donors (Lipinski definition) is 1. The third-order valence-corrected chi connectivity index (χ3v) is 3.47. The minimum atomic E-state index is -0.934. The van der Waals surface area contributed by atoms with Crippen LogP contribution in [0.5, 0.6) is 0 Å². The first-order chi connectivity index (χ1) is 9.99. The van der Waals surface area contributed by atoms with Gasteiger partial charge in [0.1, 0.15) is 11.6 Å². The minimum Gasteiger partial charge on any atom is -0.481 e. The van der Waals surface area contributed by atoms with Crippen LogP contribution in [-0.2, 0) is 9.59 Å².